The van der Waals surface area contributed by atoms with Crippen LogP contribution >= 0.6 is 0 Å². The summed E-state index contributed by atoms with van der Waals surface area (Å²) in [6.45, 7) is 6.49. The number of rotatable bonds is 6. The first-order valence-electron chi connectivity index (χ1n) is 5.15. The Balaban J connectivity index is 3.82. The van der Waals surface area contributed by atoms with Crippen molar-refractivity contribution in [1.82, 2.24) is 0 Å². The Kier molecular flexibility index (Phi) is 6.82. The third-order valence-electron chi connectivity index (χ3n) is 1.82. The Morgan fingerprint density at radius 2 is 2.14 bits per heavy atom. The van der Waals surface area contributed by atoms with E-state index >= 15 is 0 Å². The molecule has 0 bridgehead atoms. The van der Waals surface area contributed by atoms with Crippen molar-refractivity contribution in [3.05, 3.63) is 0 Å². The van der Waals surface area contributed by atoms with Crippen molar-refractivity contribution in [1.29, 1.82) is 5.26 Å². The highest BCUT2D eigenvalue weighted by Gasteiger charge is 2.15. The van der Waals surface area contributed by atoms with Crippen LogP contribution in [0.2, 0.25) is 0 Å². The third kappa shape index (κ3) is 6.47. The van der Waals surface area contributed by atoms with Gasteiger partial charge >= 0.3 is 5.97 Å². The zero-order valence-electron chi connectivity index (χ0n) is 9.25. The van der Waals surface area contributed by atoms with E-state index in [1.54, 1.807) is 0 Å². The molecular formula is C11H19NO2. The summed E-state index contributed by atoms with van der Waals surface area (Å²) in [5.74, 6) is -0.00275. The first kappa shape index (κ1) is 13.0. The minimum atomic E-state index is -0.251. The molecule has 1 atom stereocenters. The van der Waals surface area contributed by atoms with Crippen LogP contribution in [0.5, 0.6) is 0 Å². The average Bonchev–Trinajstić information content (AvgIpc) is 2.12. The number of nitriles is 1. The van der Waals surface area contributed by atoms with Gasteiger partial charge in [-0.1, -0.05) is 20.8 Å². The SMILES string of the molecule is CCCOC(=O)CC(C#N)CC(C)C. The molecule has 3 nitrogen and oxygen atoms in total. The standard InChI is InChI=1S/C11H19NO2/c1-4-5-14-11(13)7-10(8-12)6-9(2)3/h9-10H,4-7H2,1-3H3. The van der Waals surface area contributed by atoms with Crippen LogP contribution in [0, 0.1) is 23.2 Å². The Labute approximate surface area is 86.1 Å². The molecule has 0 fully saturated rings. The molecule has 0 aromatic rings. The van der Waals surface area contributed by atoms with Crippen molar-refractivity contribution in [2.75, 3.05) is 6.61 Å². The number of carbonyl (C=O) groups is 1. The fraction of sp³-hybridized carbons (Fsp3) is 0.818. The monoisotopic (exact) mass is 197 g/mol. The average molecular weight is 197 g/mol. The van der Waals surface area contributed by atoms with E-state index < -0.39 is 0 Å². The van der Waals surface area contributed by atoms with Crippen molar-refractivity contribution in [3.8, 4) is 6.07 Å². The normalized spacial score (nSPS) is 12.2. The van der Waals surface area contributed by atoms with Gasteiger partial charge in [0.15, 0.2) is 0 Å². The Morgan fingerprint density at radius 3 is 2.57 bits per heavy atom. The molecule has 0 heterocycles. The number of ether oxygens (including phenoxy) is 1. The van der Waals surface area contributed by atoms with E-state index in [0.717, 1.165) is 12.8 Å². The van der Waals surface area contributed by atoms with Gasteiger partial charge in [-0.05, 0) is 18.8 Å². The lowest BCUT2D eigenvalue weighted by Crippen LogP contribution is -2.12. The van der Waals surface area contributed by atoms with Gasteiger partial charge < -0.3 is 4.74 Å². The highest BCUT2D eigenvalue weighted by molar-refractivity contribution is 5.70. The molecule has 3 heteroatoms. The minimum Gasteiger partial charge on any atom is -0.466 e. The molecule has 0 rings (SSSR count). The maximum absolute atomic E-state index is 11.2. The lowest BCUT2D eigenvalue weighted by molar-refractivity contribution is -0.144. The molecule has 0 aliphatic rings. The molecule has 0 N–H and O–H groups in total. The summed E-state index contributed by atoms with van der Waals surface area (Å²) in [5.41, 5.74) is 0. The molecular weight excluding hydrogens is 178 g/mol. The summed E-state index contributed by atoms with van der Waals surface area (Å²) >= 11 is 0. The molecule has 0 aliphatic carbocycles. The minimum absolute atomic E-state index is 0.195. The molecule has 1 unspecified atom stereocenters. The molecule has 0 radical (unpaired) electrons. The van der Waals surface area contributed by atoms with Gasteiger partial charge in [0.1, 0.15) is 0 Å². The summed E-state index contributed by atoms with van der Waals surface area (Å²) < 4.78 is 4.92. The first-order chi connectivity index (χ1) is 6.60. The highest BCUT2D eigenvalue weighted by Crippen LogP contribution is 2.14. The maximum atomic E-state index is 11.2. The molecule has 0 saturated carbocycles. The van der Waals surface area contributed by atoms with Crippen LogP contribution in [-0.4, -0.2) is 12.6 Å². The van der Waals surface area contributed by atoms with Crippen LogP contribution in [-0.2, 0) is 9.53 Å². The summed E-state index contributed by atoms with van der Waals surface area (Å²) in [4.78, 5) is 11.2. The molecule has 0 aromatic carbocycles. The summed E-state index contributed by atoms with van der Waals surface area (Å²) in [6.07, 6.45) is 1.82. The van der Waals surface area contributed by atoms with Crippen molar-refractivity contribution >= 4 is 5.97 Å². The molecule has 0 amide bonds. The van der Waals surface area contributed by atoms with E-state index in [1.807, 2.05) is 20.8 Å². The van der Waals surface area contributed by atoms with Crippen LogP contribution in [0.1, 0.15) is 40.0 Å². The number of hydrogen-bond acceptors (Lipinski definition) is 3. The van der Waals surface area contributed by atoms with Crippen molar-refractivity contribution in [2.45, 2.75) is 40.0 Å². The Hall–Kier alpha value is -1.04. The van der Waals surface area contributed by atoms with Crippen molar-refractivity contribution in [3.63, 3.8) is 0 Å². The van der Waals surface area contributed by atoms with Gasteiger partial charge in [0, 0.05) is 0 Å². The molecule has 14 heavy (non-hydrogen) atoms. The van der Waals surface area contributed by atoms with Crippen LogP contribution in [0.15, 0.2) is 0 Å². The Morgan fingerprint density at radius 1 is 1.50 bits per heavy atom. The molecule has 0 saturated heterocycles. The van der Waals surface area contributed by atoms with E-state index in [-0.39, 0.29) is 18.3 Å². The quantitative estimate of drug-likeness (QED) is 0.615. The number of carbonyl (C=O) groups excluding carboxylic acids is 1. The second-order valence-electron chi connectivity index (χ2n) is 3.88. The van der Waals surface area contributed by atoms with E-state index in [9.17, 15) is 4.79 Å². The summed E-state index contributed by atoms with van der Waals surface area (Å²) in [5, 5.41) is 8.79. The van der Waals surface area contributed by atoms with Crippen LogP contribution in [0.25, 0.3) is 0 Å². The first-order valence-corrected chi connectivity index (χ1v) is 5.15. The Bertz CT molecular complexity index is 206. The van der Waals surface area contributed by atoms with Gasteiger partial charge in [-0.25, -0.2) is 0 Å². The van der Waals surface area contributed by atoms with Gasteiger partial charge in [-0.15, -0.1) is 0 Å². The zero-order valence-corrected chi connectivity index (χ0v) is 9.25. The smallest absolute Gasteiger partial charge is 0.307 e. The van der Waals surface area contributed by atoms with E-state index in [0.29, 0.717) is 12.5 Å². The second kappa shape index (κ2) is 7.37. The van der Waals surface area contributed by atoms with Crippen LogP contribution < -0.4 is 0 Å². The molecule has 0 aromatic heterocycles. The second-order valence-corrected chi connectivity index (χ2v) is 3.88. The fourth-order valence-electron chi connectivity index (χ4n) is 1.23. The molecule has 80 valence electrons. The third-order valence-corrected chi connectivity index (χ3v) is 1.82. The zero-order chi connectivity index (χ0) is 11.0. The van der Waals surface area contributed by atoms with Gasteiger partial charge in [0.2, 0.25) is 0 Å². The van der Waals surface area contributed by atoms with E-state index in [1.165, 1.54) is 0 Å². The van der Waals surface area contributed by atoms with Crippen LogP contribution in [0.4, 0.5) is 0 Å². The van der Waals surface area contributed by atoms with Crippen molar-refractivity contribution < 1.29 is 9.53 Å². The largest absolute Gasteiger partial charge is 0.466 e. The van der Waals surface area contributed by atoms with Gasteiger partial charge in [0.05, 0.1) is 25.0 Å². The van der Waals surface area contributed by atoms with E-state index in [2.05, 4.69) is 6.07 Å². The predicted molar refractivity (Wildman–Crippen MR) is 54.4 cm³/mol. The van der Waals surface area contributed by atoms with Crippen molar-refractivity contribution in [2.24, 2.45) is 11.8 Å². The summed E-state index contributed by atoms with van der Waals surface area (Å²) in [6, 6.07) is 2.14. The molecule has 0 aliphatic heterocycles. The lowest BCUT2D eigenvalue weighted by atomic mass is 9.96. The number of esters is 1. The van der Waals surface area contributed by atoms with Gasteiger partial charge in [0.25, 0.3) is 0 Å². The number of hydrogen-bond donors (Lipinski definition) is 0. The topological polar surface area (TPSA) is 50.1 Å². The summed E-state index contributed by atoms with van der Waals surface area (Å²) in [7, 11) is 0. The molecule has 0 spiro atoms. The highest BCUT2D eigenvalue weighted by atomic mass is 16.5. The predicted octanol–water partition coefficient (Wildman–Crippen LogP) is 2.52. The number of nitrogens with zero attached hydrogens (tertiary/aromatic N) is 1. The fourth-order valence-corrected chi connectivity index (χ4v) is 1.23. The maximum Gasteiger partial charge on any atom is 0.307 e. The van der Waals surface area contributed by atoms with E-state index in [4.69, 9.17) is 10.00 Å². The lowest BCUT2D eigenvalue weighted by Gasteiger charge is -2.10. The van der Waals surface area contributed by atoms with Gasteiger partial charge in [-0.2, -0.15) is 5.26 Å². The van der Waals surface area contributed by atoms with Crippen LogP contribution in [0.3, 0.4) is 0 Å². The van der Waals surface area contributed by atoms with Gasteiger partial charge in [-0.3, -0.25) is 4.79 Å².